The van der Waals surface area contributed by atoms with E-state index in [1.807, 2.05) is 0 Å². The van der Waals surface area contributed by atoms with Crippen molar-refractivity contribution < 1.29 is 26.5 Å². The molecule has 0 unspecified atom stereocenters. The molecular formula is H4CaF2Mn. The zero-order valence-corrected chi connectivity index (χ0v) is 2.37. The van der Waals surface area contributed by atoms with E-state index in [0.717, 1.165) is 0 Å². The third kappa shape index (κ3) is 9.43. The van der Waals surface area contributed by atoms with Gasteiger partial charge in [0.05, 0.1) is 0 Å². The number of rotatable bonds is 0. The minimum atomic E-state index is 0. The molecule has 4 heteroatoms. The first kappa shape index (κ1) is 45.2. The average Bonchev–Trinajstić information content (AvgIpc) is 0. The van der Waals surface area contributed by atoms with Crippen LogP contribution in [0, 0.1) is 0 Å². The summed E-state index contributed by atoms with van der Waals surface area (Å²) in [6.45, 7) is 0. The maximum Gasteiger partial charge on any atom is 0 e. The van der Waals surface area contributed by atoms with Crippen molar-refractivity contribution in [1.29, 1.82) is 0 Å². The zero-order chi connectivity index (χ0) is 0. The number of hydrogen-bond donors (Lipinski definition) is 0. The maximum absolute atomic E-state index is 0. The summed E-state index contributed by atoms with van der Waals surface area (Å²) in [6, 6.07) is 0. The van der Waals surface area contributed by atoms with Crippen molar-refractivity contribution in [3.05, 3.63) is 0 Å². The van der Waals surface area contributed by atoms with E-state index in [1.54, 1.807) is 0 Å². The molecular weight excluding hydrogens is 133 g/mol. The molecule has 0 saturated carbocycles. The first-order valence-electron chi connectivity index (χ1n) is 0. The van der Waals surface area contributed by atoms with Gasteiger partial charge in [0.25, 0.3) is 0 Å². The fourth-order valence-corrected chi connectivity index (χ4v) is 0. The third-order valence-corrected chi connectivity index (χ3v) is 0. The van der Waals surface area contributed by atoms with Gasteiger partial charge >= 0.3 is 37.7 Å². The van der Waals surface area contributed by atoms with E-state index in [9.17, 15) is 0 Å². The van der Waals surface area contributed by atoms with Gasteiger partial charge in [-0.25, -0.2) is 0 Å². The molecule has 0 saturated heterocycles. The molecule has 0 fully saturated rings. The van der Waals surface area contributed by atoms with Gasteiger partial charge in [0.15, 0.2) is 0 Å². The van der Waals surface area contributed by atoms with E-state index in [-0.39, 0.29) is 64.2 Å². The van der Waals surface area contributed by atoms with Gasteiger partial charge in [-0.2, -0.15) is 0 Å². The van der Waals surface area contributed by atoms with Gasteiger partial charge in [0.2, 0.25) is 0 Å². The van der Waals surface area contributed by atoms with Crippen LogP contribution in [0.15, 0.2) is 0 Å². The van der Waals surface area contributed by atoms with E-state index < -0.39 is 0 Å². The van der Waals surface area contributed by atoms with Crippen LogP contribution in [0.3, 0.4) is 0 Å². The normalized spacial score (nSPS) is 0. The molecule has 0 heterocycles. The van der Waals surface area contributed by atoms with Gasteiger partial charge in [-0.15, -0.1) is 0 Å². The molecule has 0 nitrogen and oxygen atoms in total. The topological polar surface area (TPSA) is 0 Å². The largest absolute Gasteiger partial charge is 0 e. The van der Waals surface area contributed by atoms with E-state index >= 15 is 0 Å². The van der Waals surface area contributed by atoms with Crippen molar-refractivity contribution in [3.8, 4) is 0 Å². The summed E-state index contributed by atoms with van der Waals surface area (Å²) >= 11 is 0. The Kier molecular flexibility index (Phi) is 258. The standard InChI is InChI=1S/Ca.2FH.Mn.2H/h;2*1H;;;. The van der Waals surface area contributed by atoms with Crippen LogP contribution in [0.4, 0.5) is 9.41 Å². The summed E-state index contributed by atoms with van der Waals surface area (Å²) < 4.78 is 0. The molecule has 0 N–H and O–H groups in total. The van der Waals surface area contributed by atoms with Crippen LogP contribution in [-0.2, 0) is 17.1 Å². The van der Waals surface area contributed by atoms with Crippen LogP contribution in [-0.4, -0.2) is 37.7 Å². The van der Waals surface area contributed by atoms with E-state index in [2.05, 4.69) is 0 Å². The Labute approximate surface area is 63.5 Å². The molecule has 27 valence electrons. The second-order valence-corrected chi connectivity index (χ2v) is 0. The molecule has 0 amide bonds. The fourth-order valence-electron chi connectivity index (χ4n) is 0. The van der Waals surface area contributed by atoms with Crippen molar-refractivity contribution >= 4 is 37.7 Å². The average molecular weight is 137 g/mol. The Morgan fingerprint density at radius 3 is 0.750 bits per heavy atom. The Hall–Kier alpha value is 1.64. The molecule has 0 aromatic carbocycles. The van der Waals surface area contributed by atoms with Gasteiger partial charge in [-0.05, 0) is 0 Å². The summed E-state index contributed by atoms with van der Waals surface area (Å²) in [5.41, 5.74) is 0. The van der Waals surface area contributed by atoms with Crippen LogP contribution in [0.5, 0.6) is 0 Å². The predicted octanol–water partition coefficient (Wildman–Crippen LogP) is -0.614. The molecule has 0 aromatic heterocycles. The summed E-state index contributed by atoms with van der Waals surface area (Å²) in [7, 11) is 0. The van der Waals surface area contributed by atoms with Gasteiger partial charge < -0.3 is 0 Å². The fraction of sp³-hybridized carbons (Fsp3) is 0. The number of hydrogen-bond acceptors (Lipinski definition) is 0. The second-order valence-electron chi connectivity index (χ2n) is 0. The number of halogens is 2. The molecule has 4 heavy (non-hydrogen) atoms. The van der Waals surface area contributed by atoms with E-state index in [4.69, 9.17) is 0 Å². The summed E-state index contributed by atoms with van der Waals surface area (Å²) in [5, 5.41) is 0. The molecule has 0 bridgehead atoms. The van der Waals surface area contributed by atoms with Gasteiger partial charge in [0.1, 0.15) is 0 Å². The smallest absolute Gasteiger partial charge is 0 e. The quantitative estimate of drug-likeness (QED) is 0.390. The first-order valence-corrected chi connectivity index (χ1v) is 0. The summed E-state index contributed by atoms with van der Waals surface area (Å²) in [4.78, 5) is 0. The molecule has 0 aromatic rings. The van der Waals surface area contributed by atoms with E-state index in [1.165, 1.54) is 0 Å². The SMILES string of the molecule is F.F.[CaH2].[Mn]. The van der Waals surface area contributed by atoms with Gasteiger partial charge in [-0.1, -0.05) is 0 Å². The first-order chi connectivity index (χ1) is 0. The van der Waals surface area contributed by atoms with Crippen LogP contribution in [0.2, 0.25) is 0 Å². The van der Waals surface area contributed by atoms with Gasteiger partial charge in [0, 0.05) is 17.1 Å². The summed E-state index contributed by atoms with van der Waals surface area (Å²) in [6.07, 6.45) is 0. The molecule has 0 aliphatic rings. The third-order valence-electron chi connectivity index (χ3n) is 0. The van der Waals surface area contributed by atoms with Crippen LogP contribution in [0.1, 0.15) is 0 Å². The molecule has 0 atom stereocenters. The monoisotopic (exact) mass is 137 g/mol. The predicted molar refractivity (Wildman–Crippen MR) is 13.5 cm³/mol. The molecule has 0 aliphatic heterocycles. The molecule has 0 spiro atoms. The van der Waals surface area contributed by atoms with Crippen molar-refractivity contribution in [2.24, 2.45) is 0 Å². The second kappa shape index (κ2) is 22.9. The van der Waals surface area contributed by atoms with Crippen LogP contribution in [0.25, 0.3) is 0 Å². The van der Waals surface area contributed by atoms with Gasteiger partial charge in [-0.3, -0.25) is 9.41 Å². The van der Waals surface area contributed by atoms with Crippen molar-refractivity contribution in [2.45, 2.75) is 0 Å². The molecule has 1 radical (unpaired) electrons. The minimum Gasteiger partial charge on any atom is 0 e. The van der Waals surface area contributed by atoms with Crippen molar-refractivity contribution in [3.63, 3.8) is 0 Å². The van der Waals surface area contributed by atoms with Crippen molar-refractivity contribution in [2.75, 3.05) is 0 Å². The van der Waals surface area contributed by atoms with Crippen LogP contribution < -0.4 is 0 Å². The minimum absolute atomic E-state index is 0. The maximum atomic E-state index is 0. The summed E-state index contributed by atoms with van der Waals surface area (Å²) in [5.74, 6) is 0. The Morgan fingerprint density at radius 2 is 0.750 bits per heavy atom. The van der Waals surface area contributed by atoms with Crippen LogP contribution >= 0.6 is 0 Å². The Morgan fingerprint density at radius 1 is 0.750 bits per heavy atom. The Bertz CT molecular complexity index is 6.00. The zero-order valence-electron chi connectivity index (χ0n) is 1.19. The van der Waals surface area contributed by atoms with Crippen molar-refractivity contribution in [1.82, 2.24) is 0 Å². The molecule has 0 rings (SSSR count). The van der Waals surface area contributed by atoms with E-state index in [0.29, 0.717) is 0 Å². The Balaban J connectivity index is 0. The molecule has 0 aliphatic carbocycles.